The molecular weight excluding hydrogens is 1020 g/mol. The molecule has 1 atom stereocenters. The van der Waals surface area contributed by atoms with Crippen molar-refractivity contribution in [2.24, 2.45) is 0 Å². The van der Waals surface area contributed by atoms with Crippen molar-refractivity contribution in [3.63, 3.8) is 0 Å². The summed E-state index contributed by atoms with van der Waals surface area (Å²) in [6.45, 7) is 6.56. The van der Waals surface area contributed by atoms with Gasteiger partial charge in [0.25, 0.3) is 0 Å². The molecule has 0 N–H and O–H groups in total. The second-order valence-electron chi connectivity index (χ2n) is 24.8. The largest absolute Gasteiger partial charge is 0.462 e. The third-order valence-electron chi connectivity index (χ3n) is 16.5. The smallest absolute Gasteiger partial charge is 0.306 e. The fraction of sp³-hybridized carbons (Fsp3) is 0.831. The summed E-state index contributed by atoms with van der Waals surface area (Å²) in [6.07, 6.45) is 92.9. The average Bonchev–Trinajstić information content (AvgIpc) is 3.49. The van der Waals surface area contributed by atoms with Gasteiger partial charge in [0.15, 0.2) is 6.10 Å². The average molecular weight is 1160 g/mol. The van der Waals surface area contributed by atoms with Crippen LogP contribution in [0.2, 0.25) is 0 Å². The van der Waals surface area contributed by atoms with Crippen LogP contribution in [0.25, 0.3) is 0 Å². The Morgan fingerprint density at radius 2 is 0.470 bits per heavy atom. The van der Waals surface area contributed by atoms with Crippen LogP contribution in [0, 0.1) is 0 Å². The summed E-state index contributed by atoms with van der Waals surface area (Å²) in [5, 5.41) is 0. The van der Waals surface area contributed by atoms with E-state index in [0.29, 0.717) is 19.3 Å². The van der Waals surface area contributed by atoms with Gasteiger partial charge in [-0.15, -0.1) is 0 Å². The Bertz CT molecular complexity index is 1470. The number of allylic oxidation sites excluding steroid dienone is 10. The number of ether oxygens (including phenoxy) is 3. The van der Waals surface area contributed by atoms with Gasteiger partial charge in [0.05, 0.1) is 0 Å². The molecule has 6 nitrogen and oxygen atoms in total. The summed E-state index contributed by atoms with van der Waals surface area (Å²) in [6, 6.07) is 0. The Morgan fingerprint density at radius 1 is 0.253 bits per heavy atom. The molecule has 0 amide bonds. The van der Waals surface area contributed by atoms with Crippen LogP contribution in [0.4, 0.5) is 0 Å². The first kappa shape index (κ1) is 80.1. The molecule has 0 aromatic heterocycles. The Hall–Kier alpha value is -2.89. The van der Waals surface area contributed by atoms with Gasteiger partial charge in [-0.2, -0.15) is 0 Å². The summed E-state index contributed by atoms with van der Waals surface area (Å²) in [5.41, 5.74) is 0. The van der Waals surface area contributed by atoms with E-state index < -0.39 is 6.10 Å². The van der Waals surface area contributed by atoms with Crippen molar-refractivity contribution < 1.29 is 28.6 Å². The highest BCUT2D eigenvalue weighted by Gasteiger charge is 2.19. The summed E-state index contributed by atoms with van der Waals surface area (Å²) >= 11 is 0. The topological polar surface area (TPSA) is 78.9 Å². The van der Waals surface area contributed by atoms with E-state index in [1.165, 1.54) is 257 Å². The molecule has 6 heteroatoms. The number of carbonyl (C=O) groups excluding carboxylic acids is 3. The molecule has 0 spiro atoms. The molecule has 0 aliphatic rings. The van der Waals surface area contributed by atoms with E-state index in [2.05, 4.69) is 81.5 Å². The van der Waals surface area contributed by atoms with Crippen molar-refractivity contribution in [1.82, 2.24) is 0 Å². The van der Waals surface area contributed by atoms with E-state index in [0.717, 1.165) is 96.3 Å². The predicted octanol–water partition coefficient (Wildman–Crippen LogP) is 25.5. The lowest BCUT2D eigenvalue weighted by Crippen LogP contribution is -2.30. The fourth-order valence-corrected chi connectivity index (χ4v) is 11.1. The molecule has 0 heterocycles. The number of esters is 3. The van der Waals surface area contributed by atoms with Crippen LogP contribution >= 0.6 is 0 Å². The molecule has 0 saturated heterocycles. The summed E-state index contributed by atoms with van der Waals surface area (Å²) in [4.78, 5) is 38.4. The zero-order valence-corrected chi connectivity index (χ0v) is 55.7. The van der Waals surface area contributed by atoms with Gasteiger partial charge < -0.3 is 14.2 Å². The highest BCUT2D eigenvalue weighted by atomic mass is 16.6. The van der Waals surface area contributed by atoms with E-state index in [4.69, 9.17) is 14.2 Å². The summed E-state index contributed by atoms with van der Waals surface area (Å²) in [7, 11) is 0. The number of hydrogen-bond acceptors (Lipinski definition) is 6. The number of rotatable bonds is 68. The van der Waals surface area contributed by atoms with Crippen molar-refractivity contribution in [3.05, 3.63) is 60.8 Å². The van der Waals surface area contributed by atoms with E-state index in [1.54, 1.807) is 0 Å². The molecule has 0 bridgehead atoms. The number of carbonyl (C=O) groups is 3. The molecule has 0 aromatic rings. The normalized spacial score (nSPS) is 12.4. The molecule has 1 unspecified atom stereocenters. The monoisotopic (exact) mass is 1160 g/mol. The van der Waals surface area contributed by atoms with E-state index in [9.17, 15) is 14.4 Å². The van der Waals surface area contributed by atoms with Crippen molar-refractivity contribution in [2.75, 3.05) is 13.2 Å². The molecule has 0 aromatic carbocycles. The zero-order chi connectivity index (χ0) is 59.9. The predicted molar refractivity (Wildman–Crippen MR) is 362 cm³/mol. The fourth-order valence-electron chi connectivity index (χ4n) is 11.1. The van der Waals surface area contributed by atoms with E-state index in [-0.39, 0.29) is 31.1 Å². The lowest BCUT2D eigenvalue weighted by molar-refractivity contribution is -0.167. The molecular formula is C77H140O6. The van der Waals surface area contributed by atoms with Gasteiger partial charge in [0.2, 0.25) is 0 Å². The van der Waals surface area contributed by atoms with Crippen LogP contribution in [-0.4, -0.2) is 37.2 Å². The Balaban J connectivity index is 4.12. The van der Waals surface area contributed by atoms with Gasteiger partial charge in [0.1, 0.15) is 13.2 Å². The van der Waals surface area contributed by atoms with Crippen molar-refractivity contribution in [3.8, 4) is 0 Å². The van der Waals surface area contributed by atoms with Gasteiger partial charge >= 0.3 is 17.9 Å². The lowest BCUT2D eigenvalue weighted by atomic mass is 10.0. The second kappa shape index (κ2) is 71.6. The van der Waals surface area contributed by atoms with Gasteiger partial charge in [-0.25, -0.2) is 0 Å². The lowest BCUT2D eigenvalue weighted by Gasteiger charge is -2.18. The summed E-state index contributed by atoms with van der Waals surface area (Å²) < 4.78 is 16.9. The van der Waals surface area contributed by atoms with Crippen molar-refractivity contribution >= 4 is 17.9 Å². The van der Waals surface area contributed by atoms with Gasteiger partial charge in [-0.1, -0.05) is 370 Å². The SMILES string of the molecule is CC/C=C\C/C=C\C/C=C\C/C=C\C/C=C\CCCCCC(=O)OC(COC(=O)CCCCCCCCCCCCCC)COC(=O)CCCCCCCCCCCCCCCCCCCCCCCCCCCCCCCCCCCC. The van der Waals surface area contributed by atoms with Gasteiger partial charge in [0, 0.05) is 19.3 Å². The number of unbranched alkanes of at least 4 members (excludes halogenated alkanes) is 47. The molecule has 83 heavy (non-hydrogen) atoms. The Morgan fingerprint density at radius 3 is 0.735 bits per heavy atom. The molecule has 0 fully saturated rings. The maximum Gasteiger partial charge on any atom is 0.306 e. The van der Waals surface area contributed by atoms with E-state index in [1.807, 2.05) is 0 Å². The minimum Gasteiger partial charge on any atom is -0.462 e. The molecule has 0 aliphatic carbocycles. The molecule has 0 aliphatic heterocycles. The minimum atomic E-state index is -0.790. The van der Waals surface area contributed by atoms with Gasteiger partial charge in [-0.05, 0) is 64.2 Å². The quantitative estimate of drug-likeness (QED) is 0.0261. The third kappa shape index (κ3) is 69.8. The maximum absolute atomic E-state index is 12.9. The Labute approximate surface area is 517 Å². The highest BCUT2D eigenvalue weighted by Crippen LogP contribution is 2.19. The van der Waals surface area contributed by atoms with Crippen LogP contribution in [0.3, 0.4) is 0 Å². The molecule has 0 rings (SSSR count). The van der Waals surface area contributed by atoms with Crippen LogP contribution in [-0.2, 0) is 28.6 Å². The first-order valence-electron chi connectivity index (χ1n) is 36.8. The first-order chi connectivity index (χ1) is 41.0. The first-order valence-corrected chi connectivity index (χ1v) is 36.8. The summed E-state index contributed by atoms with van der Waals surface area (Å²) in [5.74, 6) is -0.893. The van der Waals surface area contributed by atoms with Crippen LogP contribution in [0.1, 0.15) is 393 Å². The molecule has 0 radical (unpaired) electrons. The standard InChI is InChI=1S/C77H140O6/c1-4-7-10-13-16-19-22-25-27-29-31-32-33-34-35-36-37-38-39-40-41-42-43-44-45-47-48-50-52-55-58-61-64-67-70-76(79)82-73-74(72-81-75(78)69-66-63-60-57-54-24-21-18-15-12-9-6-3)83-77(80)71-68-65-62-59-56-53-51-49-46-30-28-26-23-20-17-14-11-8-5-2/h8,11,17,20,26,28,46,49,53,56,74H,4-7,9-10,12-16,18-19,21-25,27,29-45,47-48,50-52,54-55,57-73H2,1-3H3/b11-8-,20-17-,28-26-,49-46-,56-53-. The molecule has 0 saturated carbocycles. The third-order valence-corrected chi connectivity index (χ3v) is 16.5. The second-order valence-corrected chi connectivity index (χ2v) is 24.8. The number of hydrogen-bond donors (Lipinski definition) is 0. The van der Waals surface area contributed by atoms with Crippen LogP contribution < -0.4 is 0 Å². The maximum atomic E-state index is 12.9. The highest BCUT2D eigenvalue weighted by molar-refractivity contribution is 5.71. The Kier molecular flexibility index (Phi) is 69.1. The van der Waals surface area contributed by atoms with Crippen LogP contribution in [0.5, 0.6) is 0 Å². The van der Waals surface area contributed by atoms with E-state index >= 15 is 0 Å². The van der Waals surface area contributed by atoms with Crippen LogP contribution in [0.15, 0.2) is 60.8 Å². The minimum absolute atomic E-state index is 0.0831. The zero-order valence-electron chi connectivity index (χ0n) is 55.7. The van der Waals surface area contributed by atoms with Crippen molar-refractivity contribution in [1.29, 1.82) is 0 Å². The molecule has 484 valence electrons. The van der Waals surface area contributed by atoms with Gasteiger partial charge in [-0.3, -0.25) is 14.4 Å². The van der Waals surface area contributed by atoms with Crippen molar-refractivity contribution in [2.45, 2.75) is 399 Å².